The molecule has 0 aliphatic heterocycles. The first kappa shape index (κ1) is 14.5. The minimum atomic E-state index is 0.0701. The molecule has 0 aromatic carbocycles. The number of ether oxygens (including phenoxy) is 1. The van der Waals surface area contributed by atoms with Gasteiger partial charge >= 0.3 is 0 Å². The zero-order chi connectivity index (χ0) is 12.5. The Bertz CT molecular complexity index is 207. The summed E-state index contributed by atoms with van der Waals surface area (Å²) >= 11 is 0. The van der Waals surface area contributed by atoms with Crippen LogP contribution in [0.4, 0.5) is 0 Å². The fourth-order valence-electron chi connectivity index (χ4n) is 2.46. The van der Waals surface area contributed by atoms with E-state index in [1.807, 2.05) is 0 Å². The van der Waals surface area contributed by atoms with Crippen LogP contribution in [-0.4, -0.2) is 32.2 Å². The molecule has 0 saturated heterocycles. The highest BCUT2D eigenvalue weighted by Gasteiger charge is 2.22. The summed E-state index contributed by atoms with van der Waals surface area (Å²) in [5, 5.41) is 3.07. The highest BCUT2D eigenvalue weighted by molar-refractivity contribution is 5.78. The third-order valence-corrected chi connectivity index (χ3v) is 3.46. The van der Waals surface area contributed by atoms with Gasteiger partial charge in [-0.25, -0.2) is 0 Å². The van der Waals surface area contributed by atoms with E-state index < -0.39 is 0 Å². The molecular formula is C13H26N2O2. The van der Waals surface area contributed by atoms with Gasteiger partial charge in [-0.15, -0.1) is 0 Å². The molecule has 3 N–H and O–H groups in total. The van der Waals surface area contributed by atoms with Gasteiger partial charge < -0.3 is 15.8 Å². The van der Waals surface area contributed by atoms with E-state index in [0.717, 1.165) is 19.3 Å². The highest BCUT2D eigenvalue weighted by Crippen LogP contribution is 2.23. The number of nitrogens with one attached hydrogen (secondary N) is 1. The highest BCUT2D eigenvalue weighted by atomic mass is 16.5. The predicted molar refractivity (Wildman–Crippen MR) is 68.7 cm³/mol. The van der Waals surface area contributed by atoms with Gasteiger partial charge in [-0.2, -0.15) is 0 Å². The molecule has 1 aliphatic rings. The van der Waals surface area contributed by atoms with Gasteiger partial charge in [-0.05, 0) is 25.8 Å². The normalized spacial score (nSPS) is 19.6. The second-order valence-corrected chi connectivity index (χ2v) is 4.93. The first-order chi connectivity index (χ1) is 8.27. The fraction of sp³-hybridized carbons (Fsp3) is 0.923. The Kier molecular flexibility index (Phi) is 7.21. The number of nitrogens with two attached hydrogens (primary N) is 1. The van der Waals surface area contributed by atoms with E-state index in [-0.39, 0.29) is 17.9 Å². The maximum absolute atomic E-state index is 12.1. The van der Waals surface area contributed by atoms with Gasteiger partial charge in [0.05, 0.1) is 12.6 Å². The molecule has 1 aliphatic carbocycles. The van der Waals surface area contributed by atoms with Gasteiger partial charge in [0.25, 0.3) is 0 Å². The molecule has 0 bridgehead atoms. The van der Waals surface area contributed by atoms with Crippen molar-refractivity contribution in [2.45, 2.75) is 51.0 Å². The van der Waals surface area contributed by atoms with Crippen LogP contribution in [0.15, 0.2) is 0 Å². The van der Waals surface area contributed by atoms with E-state index in [2.05, 4.69) is 5.32 Å². The predicted octanol–water partition coefficient (Wildman–Crippen LogP) is 1.44. The molecule has 0 spiro atoms. The van der Waals surface area contributed by atoms with Gasteiger partial charge in [0.2, 0.25) is 5.91 Å². The molecule has 100 valence electrons. The molecule has 4 nitrogen and oxygen atoms in total. The number of methoxy groups -OCH3 is 1. The summed E-state index contributed by atoms with van der Waals surface area (Å²) < 4.78 is 5.10. The van der Waals surface area contributed by atoms with Crippen molar-refractivity contribution in [3.63, 3.8) is 0 Å². The molecule has 0 radical (unpaired) electrons. The summed E-state index contributed by atoms with van der Waals surface area (Å²) in [6.07, 6.45) is 7.77. The average Bonchev–Trinajstić information content (AvgIpc) is 2.58. The van der Waals surface area contributed by atoms with Crippen LogP contribution in [0.5, 0.6) is 0 Å². The summed E-state index contributed by atoms with van der Waals surface area (Å²) in [6, 6.07) is 0.0701. The van der Waals surface area contributed by atoms with Crippen LogP contribution in [0.25, 0.3) is 0 Å². The number of rotatable bonds is 6. The zero-order valence-electron chi connectivity index (χ0n) is 10.9. The van der Waals surface area contributed by atoms with E-state index >= 15 is 0 Å². The topological polar surface area (TPSA) is 64.3 Å². The van der Waals surface area contributed by atoms with Gasteiger partial charge in [0.1, 0.15) is 0 Å². The van der Waals surface area contributed by atoms with Crippen LogP contribution in [0.1, 0.15) is 44.9 Å². The lowest BCUT2D eigenvalue weighted by Gasteiger charge is -2.21. The van der Waals surface area contributed by atoms with Crippen molar-refractivity contribution >= 4 is 5.91 Å². The lowest BCUT2D eigenvalue weighted by atomic mass is 9.99. The van der Waals surface area contributed by atoms with E-state index in [1.165, 1.54) is 25.7 Å². The van der Waals surface area contributed by atoms with Crippen molar-refractivity contribution < 1.29 is 9.53 Å². The molecule has 1 amide bonds. The van der Waals surface area contributed by atoms with Crippen molar-refractivity contribution in [3.05, 3.63) is 0 Å². The second kappa shape index (κ2) is 8.48. The molecule has 1 atom stereocenters. The molecule has 1 rings (SSSR count). The van der Waals surface area contributed by atoms with Crippen LogP contribution in [0.2, 0.25) is 0 Å². The standard InChI is InChI=1S/C13H26N2O2/c1-17-10-12(8-9-14)15-13(16)11-6-4-2-3-5-7-11/h11-12H,2-10,14H2,1H3,(H,15,16). The lowest BCUT2D eigenvalue weighted by molar-refractivity contribution is -0.126. The number of carbonyl (C=O) groups is 1. The van der Waals surface area contributed by atoms with E-state index in [9.17, 15) is 4.79 Å². The van der Waals surface area contributed by atoms with E-state index in [4.69, 9.17) is 10.5 Å². The maximum atomic E-state index is 12.1. The molecule has 4 heteroatoms. The lowest BCUT2D eigenvalue weighted by Crippen LogP contribution is -2.42. The van der Waals surface area contributed by atoms with Crippen molar-refractivity contribution in [2.75, 3.05) is 20.3 Å². The third-order valence-electron chi connectivity index (χ3n) is 3.46. The van der Waals surface area contributed by atoms with Crippen LogP contribution < -0.4 is 11.1 Å². The van der Waals surface area contributed by atoms with Crippen molar-refractivity contribution in [1.82, 2.24) is 5.32 Å². The molecule has 0 aromatic heterocycles. The van der Waals surface area contributed by atoms with E-state index in [0.29, 0.717) is 13.2 Å². The van der Waals surface area contributed by atoms with Crippen molar-refractivity contribution in [1.29, 1.82) is 0 Å². The summed E-state index contributed by atoms with van der Waals surface area (Å²) in [5.74, 6) is 0.400. The summed E-state index contributed by atoms with van der Waals surface area (Å²) in [7, 11) is 1.65. The number of carbonyl (C=O) groups excluding carboxylic acids is 1. The zero-order valence-corrected chi connectivity index (χ0v) is 10.9. The van der Waals surface area contributed by atoms with Gasteiger partial charge in [0.15, 0.2) is 0 Å². The van der Waals surface area contributed by atoms with E-state index in [1.54, 1.807) is 7.11 Å². The number of hydrogen-bond acceptors (Lipinski definition) is 3. The minimum absolute atomic E-state index is 0.0701. The summed E-state index contributed by atoms with van der Waals surface area (Å²) in [6.45, 7) is 1.13. The maximum Gasteiger partial charge on any atom is 0.223 e. The van der Waals surface area contributed by atoms with Crippen LogP contribution in [-0.2, 0) is 9.53 Å². The Labute approximate surface area is 104 Å². The molecule has 17 heavy (non-hydrogen) atoms. The SMILES string of the molecule is COCC(CCN)NC(=O)C1CCCCCC1. The quantitative estimate of drug-likeness (QED) is 0.693. The molecule has 1 unspecified atom stereocenters. The fourth-order valence-corrected chi connectivity index (χ4v) is 2.46. The monoisotopic (exact) mass is 242 g/mol. The largest absolute Gasteiger partial charge is 0.383 e. The van der Waals surface area contributed by atoms with Gasteiger partial charge in [0, 0.05) is 13.0 Å². The third kappa shape index (κ3) is 5.50. The Morgan fingerprint density at radius 1 is 1.35 bits per heavy atom. The first-order valence-corrected chi connectivity index (χ1v) is 6.77. The van der Waals surface area contributed by atoms with Crippen molar-refractivity contribution in [3.8, 4) is 0 Å². The smallest absolute Gasteiger partial charge is 0.223 e. The molecule has 1 saturated carbocycles. The average molecular weight is 242 g/mol. The molecule has 0 heterocycles. The Morgan fingerprint density at radius 2 is 2.00 bits per heavy atom. The Hall–Kier alpha value is -0.610. The van der Waals surface area contributed by atoms with Crippen LogP contribution >= 0.6 is 0 Å². The first-order valence-electron chi connectivity index (χ1n) is 6.77. The number of hydrogen-bond donors (Lipinski definition) is 2. The molecule has 1 fully saturated rings. The molecular weight excluding hydrogens is 216 g/mol. The second-order valence-electron chi connectivity index (χ2n) is 4.93. The summed E-state index contributed by atoms with van der Waals surface area (Å²) in [4.78, 5) is 12.1. The molecule has 0 aromatic rings. The Balaban J connectivity index is 2.38. The summed E-state index contributed by atoms with van der Waals surface area (Å²) in [5.41, 5.74) is 5.53. The minimum Gasteiger partial charge on any atom is -0.383 e. The Morgan fingerprint density at radius 3 is 2.53 bits per heavy atom. The van der Waals surface area contributed by atoms with Crippen molar-refractivity contribution in [2.24, 2.45) is 11.7 Å². The van der Waals surface area contributed by atoms with Crippen LogP contribution in [0, 0.1) is 5.92 Å². The van der Waals surface area contributed by atoms with Crippen LogP contribution in [0.3, 0.4) is 0 Å². The van der Waals surface area contributed by atoms with Gasteiger partial charge in [-0.3, -0.25) is 4.79 Å². The number of amides is 1. The van der Waals surface area contributed by atoms with Gasteiger partial charge in [-0.1, -0.05) is 25.7 Å².